The van der Waals surface area contributed by atoms with E-state index in [1.165, 1.54) is 38.0 Å². The van der Waals surface area contributed by atoms with Gasteiger partial charge in [-0.15, -0.1) is 11.8 Å². The van der Waals surface area contributed by atoms with Crippen molar-refractivity contribution >= 4 is 33.4 Å². The third-order valence-corrected chi connectivity index (χ3v) is 6.20. The molecule has 5 nitrogen and oxygen atoms in total. The normalized spacial score (nSPS) is 11.6. The van der Waals surface area contributed by atoms with Crippen molar-refractivity contribution in [1.82, 2.24) is 4.31 Å². The van der Waals surface area contributed by atoms with Crippen molar-refractivity contribution in [3.63, 3.8) is 0 Å². The molecule has 26 heavy (non-hydrogen) atoms. The summed E-state index contributed by atoms with van der Waals surface area (Å²) in [5.74, 6) is -1.86. The molecular formula is C17H18F2N2O3S2. The molecule has 2 rings (SSSR count). The van der Waals surface area contributed by atoms with Gasteiger partial charge in [0.15, 0.2) is 11.6 Å². The Morgan fingerprint density at radius 1 is 1.12 bits per heavy atom. The molecule has 0 aliphatic heterocycles. The Balaban J connectivity index is 1.91. The molecule has 0 atom stereocenters. The minimum Gasteiger partial charge on any atom is -0.325 e. The van der Waals surface area contributed by atoms with Crippen molar-refractivity contribution in [2.24, 2.45) is 0 Å². The maximum Gasteiger partial charge on any atom is 0.242 e. The molecule has 0 saturated heterocycles. The molecule has 0 fully saturated rings. The van der Waals surface area contributed by atoms with Gasteiger partial charge in [0.05, 0.1) is 10.6 Å². The van der Waals surface area contributed by atoms with Crippen LogP contribution in [0.3, 0.4) is 0 Å². The van der Waals surface area contributed by atoms with Gasteiger partial charge < -0.3 is 5.32 Å². The van der Waals surface area contributed by atoms with Crippen molar-refractivity contribution in [1.29, 1.82) is 0 Å². The van der Waals surface area contributed by atoms with E-state index in [0.717, 1.165) is 22.0 Å². The average Bonchev–Trinajstić information content (AvgIpc) is 2.58. The quantitative estimate of drug-likeness (QED) is 0.776. The number of anilines is 1. The molecule has 2 aromatic carbocycles. The molecule has 1 amide bonds. The van der Waals surface area contributed by atoms with Crippen LogP contribution < -0.4 is 5.32 Å². The fourth-order valence-corrected chi connectivity index (χ4v) is 3.79. The van der Waals surface area contributed by atoms with E-state index in [4.69, 9.17) is 0 Å². The van der Waals surface area contributed by atoms with E-state index in [9.17, 15) is 22.0 Å². The van der Waals surface area contributed by atoms with E-state index in [0.29, 0.717) is 5.75 Å². The summed E-state index contributed by atoms with van der Waals surface area (Å²) in [5.41, 5.74) is 0.937. The fraction of sp³-hybridized carbons (Fsp3) is 0.235. The molecule has 140 valence electrons. The SMILES string of the molecule is CN(C)S(=O)(=O)c1cccc(CSCC(=O)Nc2ccc(F)c(F)c2)c1. The van der Waals surface area contributed by atoms with Crippen LogP contribution >= 0.6 is 11.8 Å². The second-order valence-electron chi connectivity index (χ2n) is 5.60. The Labute approximate surface area is 155 Å². The first-order valence-electron chi connectivity index (χ1n) is 7.54. The fourth-order valence-electron chi connectivity index (χ4n) is 2.04. The number of hydrogen-bond donors (Lipinski definition) is 1. The molecule has 0 aliphatic carbocycles. The Hall–Kier alpha value is -1.97. The van der Waals surface area contributed by atoms with Gasteiger partial charge in [0.1, 0.15) is 0 Å². The van der Waals surface area contributed by atoms with Gasteiger partial charge in [-0.2, -0.15) is 0 Å². The van der Waals surface area contributed by atoms with Crippen LogP contribution in [0, 0.1) is 11.6 Å². The Bertz CT molecular complexity index is 903. The third-order valence-electron chi connectivity index (χ3n) is 3.38. The molecule has 9 heteroatoms. The van der Waals surface area contributed by atoms with Crippen molar-refractivity contribution in [3.8, 4) is 0 Å². The van der Waals surface area contributed by atoms with E-state index in [1.54, 1.807) is 18.2 Å². The highest BCUT2D eigenvalue weighted by Gasteiger charge is 2.17. The Morgan fingerprint density at radius 2 is 1.85 bits per heavy atom. The van der Waals surface area contributed by atoms with Gasteiger partial charge in [-0.05, 0) is 29.8 Å². The minimum atomic E-state index is -3.51. The molecule has 0 radical (unpaired) electrons. The number of sulfonamides is 1. The summed E-state index contributed by atoms with van der Waals surface area (Å²) in [5, 5.41) is 2.48. The summed E-state index contributed by atoms with van der Waals surface area (Å²) in [6.07, 6.45) is 0. The second kappa shape index (κ2) is 8.61. The van der Waals surface area contributed by atoms with Crippen molar-refractivity contribution < 1.29 is 22.0 Å². The van der Waals surface area contributed by atoms with Crippen LogP contribution in [0.15, 0.2) is 47.4 Å². The molecule has 0 aromatic heterocycles. The lowest BCUT2D eigenvalue weighted by Crippen LogP contribution is -2.22. The van der Waals surface area contributed by atoms with Gasteiger partial charge in [0.2, 0.25) is 15.9 Å². The Morgan fingerprint density at radius 3 is 2.50 bits per heavy atom. The van der Waals surface area contributed by atoms with E-state index in [2.05, 4.69) is 5.32 Å². The molecule has 2 aromatic rings. The zero-order chi connectivity index (χ0) is 19.3. The largest absolute Gasteiger partial charge is 0.325 e. The zero-order valence-electron chi connectivity index (χ0n) is 14.2. The molecule has 0 spiro atoms. The van der Waals surface area contributed by atoms with Gasteiger partial charge in [-0.25, -0.2) is 21.5 Å². The van der Waals surface area contributed by atoms with Gasteiger partial charge in [0, 0.05) is 31.6 Å². The van der Waals surface area contributed by atoms with Crippen LogP contribution in [0.5, 0.6) is 0 Å². The summed E-state index contributed by atoms with van der Waals surface area (Å²) in [6.45, 7) is 0. The monoisotopic (exact) mass is 400 g/mol. The van der Waals surface area contributed by atoms with E-state index in [-0.39, 0.29) is 22.2 Å². The lowest BCUT2D eigenvalue weighted by molar-refractivity contribution is -0.113. The average molecular weight is 400 g/mol. The van der Waals surface area contributed by atoms with E-state index >= 15 is 0 Å². The van der Waals surface area contributed by atoms with E-state index < -0.39 is 21.7 Å². The van der Waals surface area contributed by atoms with E-state index in [1.807, 2.05) is 0 Å². The number of carbonyl (C=O) groups excluding carboxylic acids is 1. The summed E-state index contributed by atoms with van der Waals surface area (Å²) in [6, 6.07) is 9.62. The number of carbonyl (C=O) groups is 1. The van der Waals surface area contributed by atoms with Crippen LogP contribution in [0.2, 0.25) is 0 Å². The number of nitrogens with zero attached hydrogens (tertiary/aromatic N) is 1. The van der Waals surface area contributed by atoms with Crippen molar-refractivity contribution in [2.45, 2.75) is 10.6 Å². The van der Waals surface area contributed by atoms with Gasteiger partial charge in [-0.1, -0.05) is 12.1 Å². The predicted molar refractivity (Wildman–Crippen MR) is 98.5 cm³/mol. The minimum absolute atomic E-state index is 0.0870. The standard InChI is InChI=1S/C17H18F2N2O3S2/c1-21(2)26(23,24)14-5-3-4-12(8-14)10-25-11-17(22)20-13-6-7-15(18)16(19)9-13/h3-9H,10-11H2,1-2H3,(H,20,22). The number of hydrogen-bond acceptors (Lipinski definition) is 4. The maximum atomic E-state index is 13.1. The molecule has 0 aliphatic rings. The highest BCUT2D eigenvalue weighted by Crippen LogP contribution is 2.19. The predicted octanol–water partition coefficient (Wildman–Crippen LogP) is 3.09. The van der Waals surface area contributed by atoms with Gasteiger partial charge >= 0.3 is 0 Å². The Kier molecular flexibility index (Phi) is 6.74. The second-order valence-corrected chi connectivity index (χ2v) is 8.74. The van der Waals surface area contributed by atoms with Crippen molar-refractivity contribution in [3.05, 3.63) is 59.7 Å². The molecule has 0 saturated carbocycles. The third kappa shape index (κ3) is 5.26. The number of nitrogens with one attached hydrogen (secondary N) is 1. The lowest BCUT2D eigenvalue weighted by Gasteiger charge is -2.12. The smallest absolute Gasteiger partial charge is 0.242 e. The van der Waals surface area contributed by atoms with Crippen LogP contribution in [-0.2, 0) is 20.6 Å². The van der Waals surface area contributed by atoms with Gasteiger partial charge in [0.25, 0.3) is 0 Å². The van der Waals surface area contributed by atoms with Crippen LogP contribution in [0.1, 0.15) is 5.56 Å². The summed E-state index contributed by atoms with van der Waals surface area (Å²) in [4.78, 5) is 12.1. The van der Waals surface area contributed by atoms with Crippen LogP contribution in [0.4, 0.5) is 14.5 Å². The highest BCUT2D eigenvalue weighted by atomic mass is 32.2. The number of halogens is 2. The molecule has 0 heterocycles. The molecule has 1 N–H and O–H groups in total. The molecule has 0 bridgehead atoms. The number of rotatable bonds is 7. The lowest BCUT2D eigenvalue weighted by atomic mass is 10.2. The summed E-state index contributed by atoms with van der Waals surface area (Å²) < 4.78 is 51.3. The highest BCUT2D eigenvalue weighted by molar-refractivity contribution is 7.99. The topological polar surface area (TPSA) is 66.5 Å². The first-order valence-corrected chi connectivity index (χ1v) is 10.1. The zero-order valence-corrected chi connectivity index (χ0v) is 15.8. The number of amides is 1. The van der Waals surface area contributed by atoms with Gasteiger partial charge in [-0.3, -0.25) is 4.79 Å². The maximum absolute atomic E-state index is 13.1. The first-order chi connectivity index (χ1) is 12.2. The summed E-state index contributed by atoms with van der Waals surface area (Å²) >= 11 is 1.28. The van der Waals surface area contributed by atoms with Crippen LogP contribution in [-0.4, -0.2) is 38.5 Å². The molecule has 0 unspecified atom stereocenters. The van der Waals surface area contributed by atoms with Crippen LogP contribution in [0.25, 0.3) is 0 Å². The van der Waals surface area contributed by atoms with Crippen molar-refractivity contribution in [2.75, 3.05) is 25.2 Å². The number of thioether (sulfide) groups is 1. The summed E-state index contributed by atoms with van der Waals surface area (Å²) in [7, 11) is -0.595. The number of benzene rings is 2. The first kappa shape index (κ1) is 20.3. The molecular weight excluding hydrogens is 382 g/mol.